The van der Waals surface area contributed by atoms with Crippen LogP contribution in [0.3, 0.4) is 0 Å². The van der Waals surface area contributed by atoms with Crippen molar-refractivity contribution in [3.63, 3.8) is 0 Å². The first-order valence-electron chi connectivity index (χ1n) is 3.51. The summed E-state index contributed by atoms with van der Waals surface area (Å²) in [6.45, 7) is 0.704. The lowest BCUT2D eigenvalue weighted by atomic mass is 10.5. The van der Waals surface area contributed by atoms with Gasteiger partial charge in [0.2, 0.25) is 0 Å². The minimum atomic E-state index is 0.704. The molecular weight excluding hydrogens is 140 g/mol. The number of nitrogens with zero attached hydrogens (tertiary/aromatic N) is 2. The molecule has 0 aromatic carbocycles. The van der Waals surface area contributed by atoms with Gasteiger partial charge in [0.05, 0.1) is 6.54 Å². The quantitative estimate of drug-likeness (QED) is 0.651. The molecule has 0 amide bonds. The molecule has 4 heteroatoms. The smallest absolute Gasteiger partial charge is 0.144 e. The van der Waals surface area contributed by atoms with E-state index in [4.69, 9.17) is 0 Å². The molecule has 11 heavy (non-hydrogen) atoms. The maximum absolute atomic E-state index is 4.20. The molecule has 0 radical (unpaired) electrons. The van der Waals surface area contributed by atoms with Crippen LogP contribution in [-0.2, 0) is 6.54 Å². The summed E-state index contributed by atoms with van der Waals surface area (Å²) in [6.07, 6.45) is 1.74. The molecular formula is C7H12N4. The molecule has 2 N–H and O–H groups in total. The van der Waals surface area contributed by atoms with Crippen LogP contribution in [0.25, 0.3) is 0 Å². The molecule has 0 fully saturated rings. The van der Waals surface area contributed by atoms with Crippen LogP contribution in [0.5, 0.6) is 0 Å². The van der Waals surface area contributed by atoms with E-state index in [9.17, 15) is 0 Å². The normalized spacial score (nSPS) is 9.64. The van der Waals surface area contributed by atoms with E-state index in [-0.39, 0.29) is 0 Å². The second-order valence-corrected chi connectivity index (χ2v) is 2.14. The summed E-state index contributed by atoms with van der Waals surface area (Å²) in [5, 5.41) is 5.93. The van der Waals surface area contributed by atoms with Crippen LogP contribution < -0.4 is 10.6 Å². The average Bonchev–Trinajstić information content (AvgIpc) is 2.06. The Hall–Kier alpha value is -1.16. The number of rotatable bonds is 3. The number of anilines is 1. The number of hydrogen-bond donors (Lipinski definition) is 2. The maximum Gasteiger partial charge on any atom is 0.144 e. The number of aromatic nitrogens is 2. The second-order valence-electron chi connectivity index (χ2n) is 2.14. The predicted octanol–water partition coefficient (Wildman–Crippen LogP) is 0.238. The minimum Gasteiger partial charge on any atom is -0.373 e. The summed E-state index contributed by atoms with van der Waals surface area (Å²) in [7, 11) is 3.71. The lowest BCUT2D eigenvalue weighted by Gasteiger charge is -2.00. The van der Waals surface area contributed by atoms with Gasteiger partial charge in [-0.15, -0.1) is 0 Å². The minimum absolute atomic E-state index is 0.704. The Bertz CT molecular complexity index is 223. The number of hydrogen-bond acceptors (Lipinski definition) is 4. The van der Waals surface area contributed by atoms with Crippen LogP contribution in [0.2, 0.25) is 0 Å². The molecule has 1 aromatic rings. The van der Waals surface area contributed by atoms with Crippen LogP contribution >= 0.6 is 0 Å². The first kappa shape index (κ1) is 7.94. The molecule has 0 atom stereocenters. The molecule has 0 saturated carbocycles. The fourth-order valence-corrected chi connectivity index (χ4v) is 0.782. The lowest BCUT2D eigenvalue weighted by molar-refractivity contribution is 0.759. The summed E-state index contributed by atoms with van der Waals surface area (Å²) < 4.78 is 0. The van der Waals surface area contributed by atoms with Crippen molar-refractivity contribution in [1.82, 2.24) is 15.3 Å². The van der Waals surface area contributed by atoms with Crippen LogP contribution in [0.15, 0.2) is 12.3 Å². The Balaban J connectivity index is 2.74. The SMILES string of the molecule is CNCc1nccc(NC)n1. The highest BCUT2D eigenvalue weighted by Crippen LogP contribution is 1.99. The molecule has 4 nitrogen and oxygen atoms in total. The third kappa shape index (κ3) is 2.16. The van der Waals surface area contributed by atoms with E-state index < -0.39 is 0 Å². The average molecular weight is 152 g/mol. The zero-order valence-electron chi connectivity index (χ0n) is 6.76. The summed E-state index contributed by atoms with van der Waals surface area (Å²) in [6, 6.07) is 1.83. The van der Waals surface area contributed by atoms with Crippen LogP contribution in [-0.4, -0.2) is 24.1 Å². The van der Waals surface area contributed by atoms with E-state index in [2.05, 4.69) is 20.6 Å². The highest BCUT2D eigenvalue weighted by atomic mass is 15.0. The lowest BCUT2D eigenvalue weighted by Crippen LogP contribution is -2.09. The van der Waals surface area contributed by atoms with Gasteiger partial charge >= 0.3 is 0 Å². The molecule has 0 spiro atoms. The van der Waals surface area contributed by atoms with Crippen molar-refractivity contribution < 1.29 is 0 Å². The molecule has 0 unspecified atom stereocenters. The molecule has 1 heterocycles. The van der Waals surface area contributed by atoms with Gasteiger partial charge in [0.1, 0.15) is 11.6 Å². The maximum atomic E-state index is 4.20. The van der Waals surface area contributed by atoms with Crippen molar-refractivity contribution in [2.24, 2.45) is 0 Å². The molecule has 0 bridgehead atoms. The van der Waals surface area contributed by atoms with Crippen molar-refractivity contribution in [1.29, 1.82) is 0 Å². The Morgan fingerprint density at radius 2 is 2.27 bits per heavy atom. The fraction of sp³-hybridized carbons (Fsp3) is 0.429. The van der Waals surface area contributed by atoms with E-state index in [1.807, 2.05) is 20.2 Å². The Kier molecular flexibility index (Phi) is 2.80. The molecule has 1 aromatic heterocycles. The molecule has 0 aliphatic rings. The first-order valence-corrected chi connectivity index (χ1v) is 3.51. The Labute approximate surface area is 66.1 Å². The van der Waals surface area contributed by atoms with Gasteiger partial charge in [-0.3, -0.25) is 0 Å². The van der Waals surface area contributed by atoms with E-state index in [0.29, 0.717) is 6.54 Å². The first-order chi connectivity index (χ1) is 5.36. The van der Waals surface area contributed by atoms with Gasteiger partial charge < -0.3 is 10.6 Å². The van der Waals surface area contributed by atoms with Gasteiger partial charge in [0.15, 0.2) is 0 Å². The van der Waals surface area contributed by atoms with Gasteiger partial charge in [-0.1, -0.05) is 0 Å². The van der Waals surface area contributed by atoms with Crippen molar-refractivity contribution in [2.75, 3.05) is 19.4 Å². The van der Waals surface area contributed by atoms with E-state index in [1.54, 1.807) is 6.20 Å². The monoisotopic (exact) mass is 152 g/mol. The fourth-order valence-electron chi connectivity index (χ4n) is 0.782. The largest absolute Gasteiger partial charge is 0.373 e. The topological polar surface area (TPSA) is 49.8 Å². The van der Waals surface area contributed by atoms with Gasteiger partial charge in [-0.2, -0.15) is 0 Å². The van der Waals surface area contributed by atoms with Gasteiger partial charge in [0, 0.05) is 13.2 Å². The highest BCUT2D eigenvalue weighted by Gasteiger charge is 1.94. The molecule has 0 aliphatic heterocycles. The molecule has 60 valence electrons. The highest BCUT2D eigenvalue weighted by molar-refractivity contribution is 5.31. The van der Waals surface area contributed by atoms with Crippen LogP contribution in [0, 0.1) is 0 Å². The van der Waals surface area contributed by atoms with Crippen LogP contribution in [0.4, 0.5) is 5.82 Å². The Morgan fingerprint density at radius 3 is 2.91 bits per heavy atom. The summed E-state index contributed by atoms with van der Waals surface area (Å²) in [4.78, 5) is 8.26. The molecule has 0 saturated heterocycles. The Morgan fingerprint density at radius 1 is 1.45 bits per heavy atom. The van der Waals surface area contributed by atoms with E-state index in [0.717, 1.165) is 11.6 Å². The standard InChI is InChI=1S/C7H12N4/c1-8-5-7-10-4-3-6(9-2)11-7/h3-4,8H,5H2,1-2H3,(H,9,10,11). The second kappa shape index (κ2) is 3.88. The molecule has 0 aliphatic carbocycles. The third-order valence-corrected chi connectivity index (χ3v) is 1.30. The zero-order valence-corrected chi connectivity index (χ0v) is 6.76. The summed E-state index contributed by atoms with van der Waals surface area (Å²) in [5.41, 5.74) is 0. The van der Waals surface area contributed by atoms with Gasteiger partial charge in [0.25, 0.3) is 0 Å². The van der Waals surface area contributed by atoms with Gasteiger partial charge in [-0.05, 0) is 13.1 Å². The van der Waals surface area contributed by atoms with E-state index in [1.165, 1.54) is 0 Å². The number of nitrogens with one attached hydrogen (secondary N) is 2. The van der Waals surface area contributed by atoms with Crippen molar-refractivity contribution in [3.05, 3.63) is 18.1 Å². The van der Waals surface area contributed by atoms with Crippen molar-refractivity contribution in [2.45, 2.75) is 6.54 Å². The van der Waals surface area contributed by atoms with Crippen LogP contribution in [0.1, 0.15) is 5.82 Å². The summed E-state index contributed by atoms with van der Waals surface area (Å²) >= 11 is 0. The van der Waals surface area contributed by atoms with Crippen molar-refractivity contribution >= 4 is 5.82 Å². The third-order valence-electron chi connectivity index (χ3n) is 1.30. The predicted molar refractivity (Wildman–Crippen MR) is 44.3 cm³/mol. The zero-order chi connectivity index (χ0) is 8.10. The molecule has 1 rings (SSSR count). The van der Waals surface area contributed by atoms with E-state index >= 15 is 0 Å². The van der Waals surface area contributed by atoms with Crippen molar-refractivity contribution in [3.8, 4) is 0 Å². The van der Waals surface area contributed by atoms with Gasteiger partial charge in [-0.25, -0.2) is 9.97 Å². The summed E-state index contributed by atoms with van der Waals surface area (Å²) in [5.74, 6) is 1.66.